The highest BCUT2D eigenvalue weighted by molar-refractivity contribution is 7.79. The minimum absolute atomic E-state index is 0.264. The third-order valence-corrected chi connectivity index (χ3v) is 1.66. The van der Waals surface area contributed by atoms with E-state index in [0.717, 1.165) is 6.54 Å². The SMILES string of the molecule is CC(C)NCCCS(=O)[O-]. The van der Waals surface area contributed by atoms with Gasteiger partial charge in [0.05, 0.1) is 0 Å². The number of hydrogen-bond acceptors (Lipinski definition) is 3. The minimum atomic E-state index is -1.87. The van der Waals surface area contributed by atoms with E-state index >= 15 is 0 Å². The molecule has 0 saturated heterocycles. The van der Waals surface area contributed by atoms with Crippen LogP contribution in [0.1, 0.15) is 20.3 Å². The van der Waals surface area contributed by atoms with Crippen LogP contribution >= 0.6 is 0 Å². The van der Waals surface area contributed by atoms with Crippen LogP contribution in [-0.4, -0.2) is 27.1 Å². The average molecular weight is 164 g/mol. The molecule has 0 aromatic heterocycles. The van der Waals surface area contributed by atoms with Crippen molar-refractivity contribution in [1.82, 2.24) is 5.32 Å². The van der Waals surface area contributed by atoms with E-state index in [1.807, 2.05) is 13.8 Å². The Morgan fingerprint density at radius 3 is 2.60 bits per heavy atom. The minimum Gasteiger partial charge on any atom is -0.772 e. The number of hydrogen-bond donors (Lipinski definition) is 1. The maximum absolute atomic E-state index is 10.0. The fraction of sp³-hybridized carbons (Fsp3) is 1.00. The largest absolute Gasteiger partial charge is 0.772 e. The first kappa shape index (κ1) is 10.1. The van der Waals surface area contributed by atoms with Crippen LogP contribution in [0.4, 0.5) is 0 Å². The Balaban J connectivity index is 2.98. The lowest BCUT2D eigenvalue weighted by Gasteiger charge is -2.08. The lowest BCUT2D eigenvalue weighted by molar-refractivity contribution is 0.528. The summed E-state index contributed by atoms with van der Waals surface area (Å²) >= 11 is -1.87. The molecule has 0 rings (SSSR count). The van der Waals surface area contributed by atoms with Gasteiger partial charge < -0.3 is 9.87 Å². The molecule has 0 radical (unpaired) electrons. The van der Waals surface area contributed by atoms with Crippen molar-refractivity contribution in [2.24, 2.45) is 0 Å². The van der Waals surface area contributed by atoms with Crippen molar-refractivity contribution >= 4 is 11.1 Å². The molecule has 0 aliphatic carbocycles. The van der Waals surface area contributed by atoms with Crippen LogP contribution in [0.5, 0.6) is 0 Å². The van der Waals surface area contributed by atoms with Crippen molar-refractivity contribution in [2.45, 2.75) is 26.3 Å². The van der Waals surface area contributed by atoms with Gasteiger partial charge in [-0.2, -0.15) is 0 Å². The summed E-state index contributed by atoms with van der Waals surface area (Å²) in [7, 11) is 0. The molecule has 0 spiro atoms. The zero-order valence-corrected chi connectivity index (χ0v) is 7.24. The monoisotopic (exact) mass is 164 g/mol. The number of rotatable bonds is 5. The summed E-state index contributed by atoms with van der Waals surface area (Å²) in [6.45, 7) is 4.86. The van der Waals surface area contributed by atoms with Crippen LogP contribution in [0.25, 0.3) is 0 Å². The fourth-order valence-corrected chi connectivity index (χ4v) is 0.961. The van der Waals surface area contributed by atoms with Crippen molar-refractivity contribution in [3.8, 4) is 0 Å². The number of nitrogens with one attached hydrogen (secondary N) is 1. The molecule has 0 heterocycles. The van der Waals surface area contributed by atoms with E-state index < -0.39 is 11.1 Å². The molecule has 0 aromatic carbocycles. The molecule has 3 nitrogen and oxygen atoms in total. The predicted octanol–water partition coefficient (Wildman–Crippen LogP) is 0.254. The van der Waals surface area contributed by atoms with Crippen molar-refractivity contribution in [2.75, 3.05) is 12.3 Å². The van der Waals surface area contributed by atoms with Crippen LogP contribution in [0.3, 0.4) is 0 Å². The van der Waals surface area contributed by atoms with Crippen molar-refractivity contribution in [1.29, 1.82) is 0 Å². The molecule has 1 N–H and O–H groups in total. The highest BCUT2D eigenvalue weighted by Gasteiger charge is 1.90. The molecular formula is C6H14NO2S-. The Kier molecular flexibility index (Phi) is 5.87. The third kappa shape index (κ3) is 8.07. The summed E-state index contributed by atoms with van der Waals surface area (Å²) in [6, 6.07) is 0.445. The highest BCUT2D eigenvalue weighted by atomic mass is 32.2. The summed E-state index contributed by atoms with van der Waals surface area (Å²) in [5.41, 5.74) is 0. The van der Waals surface area contributed by atoms with Gasteiger partial charge >= 0.3 is 0 Å². The van der Waals surface area contributed by atoms with Gasteiger partial charge in [0.1, 0.15) is 0 Å². The Morgan fingerprint density at radius 1 is 1.60 bits per heavy atom. The van der Waals surface area contributed by atoms with Crippen LogP contribution in [0.2, 0.25) is 0 Å². The molecule has 0 amide bonds. The quantitative estimate of drug-likeness (QED) is 0.468. The van der Waals surface area contributed by atoms with Gasteiger partial charge in [-0.25, -0.2) is 0 Å². The molecule has 0 aliphatic rings. The molecule has 0 saturated carbocycles. The Morgan fingerprint density at radius 2 is 2.20 bits per heavy atom. The second-order valence-corrected chi connectivity index (χ2v) is 3.49. The van der Waals surface area contributed by atoms with E-state index in [2.05, 4.69) is 5.32 Å². The molecule has 62 valence electrons. The zero-order chi connectivity index (χ0) is 7.98. The van der Waals surface area contributed by atoms with E-state index in [4.69, 9.17) is 0 Å². The first-order chi connectivity index (χ1) is 4.63. The standard InChI is InChI=1S/C6H15NO2S/c1-6(2)7-4-3-5-10(8)9/h6-7H,3-5H2,1-2H3,(H,8,9)/p-1. The molecule has 0 bridgehead atoms. The molecule has 0 fully saturated rings. The first-order valence-electron chi connectivity index (χ1n) is 3.42. The third-order valence-electron chi connectivity index (χ3n) is 1.04. The van der Waals surface area contributed by atoms with Crippen molar-refractivity contribution < 1.29 is 8.76 Å². The molecule has 0 aromatic rings. The van der Waals surface area contributed by atoms with Gasteiger partial charge in [-0.15, -0.1) is 0 Å². The second kappa shape index (κ2) is 5.82. The second-order valence-electron chi connectivity index (χ2n) is 2.47. The van der Waals surface area contributed by atoms with Gasteiger partial charge in [0.25, 0.3) is 0 Å². The molecule has 10 heavy (non-hydrogen) atoms. The molecule has 1 atom stereocenters. The van der Waals surface area contributed by atoms with Gasteiger partial charge in [-0.05, 0) is 13.0 Å². The lowest BCUT2D eigenvalue weighted by Crippen LogP contribution is -2.24. The molecule has 4 heteroatoms. The van der Waals surface area contributed by atoms with E-state index in [1.54, 1.807) is 0 Å². The van der Waals surface area contributed by atoms with Crippen LogP contribution in [0, 0.1) is 0 Å². The Bertz CT molecular complexity index is 106. The van der Waals surface area contributed by atoms with Gasteiger partial charge in [0.2, 0.25) is 0 Å². The first-order valence-corrected chi connectivity index (χ1v) is 4.66. The summed E-state index contributed by atoms with van der Waals surface area (Å²) in [4.78, 5) is 0. The van der Waals surface area contributed by atoms with Crippen LogP contribution in [0.15, 0.2) is 0 Å². The smallest absolute Gasteiger partial charge is 0.0114 e. The van der Waals surface area contributed by atoms with Gasteiger partial charge in [0, 0.05) is 11.8 Å². The topological polar surface area (TPSA) is 52.2 Å². The molecule has 1 unspecified atom stereocenters. The molecule has 0 aliphatic heterocycles. The van der Waals surface area contributed by atoms with Crippen molar-refractivity contribution in [3.63, 3.8) is 0 Å². The summed E-state index contributed by atoms with van der Waals surface area (Å²) in [5, 5.41) is 3.13. The van der Waals surface area contributed by atoms with Gasteiger partial charge in [-0.1, -0.05) is 24.9 Å². The maximum Gasteiger partial charge on any atom is 0.0114 e. The summed E-state index contributed by atoms with van der Waals surface area (Å²) < 4.78 is 20.0. The molecular weight excluding hydrogens is 150 g/mol. The van der Waals surface area contributed by atoms with E-state index in [1.165, 1.54) is 0 Å². The van der Waals surface area contributed by atoms with E-state index in [9.17, 15) is 8.76 Å². The van der Waals surface area contributed by atoms with Crippen LogP contribution < -0.4 is 5.32 Å². The Hall–Kier alpha value is 0.0700. The van der Waals surface area contributed by atoms with E-state index in [0.29, 0.717) is 12.5 Å². The Labute approximate surface area is 64.5 Å². The summed E-state index contributed by atoms with van der Waals surface area (Å²) in [6.07, 6.45) is 0.703. The van der Waals surface area contributed by atoms with Crippen LogP contribution in [-0.2, 0) is 11.1 Å². The van der Waals surface area contributed by atoms with E-state index in [-0.39, 0.29) is 5.75 Å². The fourth-order valence-electron chi connectivity index (χ4n) is 0.581. The normalized spacial score (nSPS) is 14.0. The maximum atomic E-state index is 10.0. The average Bonchev–Trinajstić information content (AvgIpc) is 1.79. The van der Waals surface area contributed by atoms with Gasteiger partial charge in [0.15, 0.2) is 0 Å². The van der Waals surface area contributed by atoms with Crippen molar-refractivity contribution in [3.05, 3.63) is 0 Å². The summed E-state index contributed by atoms with van der Waals surface area (Å²) in [5.74, 6) is 0.264. The predicted molar refractivity (Wildman–Crippen MR) is 41.5 cm³/mol. The van der Waals surface area contributed by atoms with Gasteiger partial charge in [-0.3, -0.25) is 4.21 Å². The zero-order valence-electron chi connectivity index (χ0n) is 6.42. The highest BCUT2D eigenvalue weighted by Crippen LogP contribution is 1.82. The lowest BCUT2D eigenvalue weighted by atomic mass is 10.4.